The van der Waals surface area contributed by atoms with Gasteiger partial charge in [-0.2, -0.15) is 0 Å². The molecule has 0 amide bonds. The van der Waals surface area contributed by atoms with E-state index in [9.17, 15) is 9.59 Å². The molecule has 1 aromatic heterocycles. The second-order valence-electron chi connectivity index (χ2n) is 7.37. The predicted octanol–water partition coefficient (Wildman–Crippen LogP) is 2.14. The number of methoxy groups -OCH3 is 1. The molecule has 1 aliphatic heterocycles. The average Bonchev–Trinajstić information content (AvgIpc) is 3.04. The number of H-pyrrole nitrogens is 1. The summed E-state index contributed by atoms with van der Waals surface area (Å²) in [7, 11) is -0.112. The third-order valence-corrected chi connectivity index (χ3v) is 6.67. The lowest BCUT2D eigenvalue weighted by Gasteiger charge is -2.37. The first kappa shape index (κ1) is 23.1. The first-order chi connectivity index (χ1) is 14.7. The van der Waals surface area contributed by atoms with Crippen LogP contribution in [0.5, 0.6) is 0 Å². The van der Waals surface area contributed by atoms with Crippen LogP contribution < -0.4 is 11.2 Å². The second-order valence-corrected chi connectivity index (χ2v) is 8.78. The van der Waals surface area contributed by atoms with Crippen LogP contribution in [0.2, 0.25) is 0 Å². The lowest BCUT2D eigenvalue weighted by Crippen LogP contribution is -2.41. The van der Waals surface area contributed by atoms with Gasteiger partial charge in [0.1, 0.15) is 18.8 Å². The van der Waals surface area contributed by atoms with Gasteiger partial charge >= 0.3 is 5.69 Å². The van der Waals surface area contributed by atoms with E-state index in [-0.39, 0.29) is 32.1 Å². The molecule has 1 fully saturated rings. The quantitative estimate of drug-likeness (QED) is 0.336. The summed E-state index contributed by atoms with van der Waals surface area (Å²) in [4.78, 5) is 29.3. The van der Waals surface area contributed by atoms with E-state index in [0.29, 0.717) is 0 Å². The molecule has 1 aromatic rings. The zero-order valence-corrected chi connectivity index (χ0v) is 18.9. The lowest BCUT2D eigenvalue weighted by molar-refractivity contribution is -0.0510. The highest BCUT2D eigenvalue weighted by molar-refractivity contribution is 7.44. The number of ether oxygens (including phenoxy) is 2. The van der Waals surface area contributed by atoms with Crippen LogP contribution in [0.3, 0.4) is 0 Å². The van der Waals surface area contributed by atoms with E-state index in [2.05, 4.69) is 14.5 Å². The second kappa shape index (κ2) is 11.1. The minimum absolute atomic E-state index is 0.106. The van der Waals surface area contributed by atoms with Crippen LogP contribution in [0.1, 0.15) is 42.2 Å². The molecule has 5 atom stereocenters. The van der Waals surface area contributed by atoms with Gasteiger partial charge in [0, 0.05) is 32.8 Å². The van der Waals surface area contributed by atoms with Gasteiger partial charge in [-0.25, -0.2) is 16.0 Å². The molecule has 30 heavy (non-hydrogen) atoms. The highest BCUT2D eigenvalue weighted by Crippen LogP contribution is 2.50. The largest absolute Gasteiger partial charge is 0.374 e. The SMILES string of the molecule is [2H]C[C@H]1O[C@@H](n2ccc(=O)[nH]c2=O)[C@@H](OC)C1OP(OCC[N+]#[C-])N(C(C)C)C(C)C. The maximum absolute atomic E-state index is 12.3. The van der Waals surface area contributed by atoms with E-state index in [1.54, 1.807) is 0 Å². The predicted molar refractivity (Wildman–Crippen MR) is 113 cm³/mol. The fourth-order valence-electron chi connectivity index (χ4n) is 3.33. The molecule has 0 saturated carbocycles. The van der Waals surface area contributed by atoms with Gasteiger partial charge < -0.3 is 23.4 Å². The smallest absolute Gasteiger partial charge is 0.330 e. The molecule has 0 spiro atoms. The van der Waals surface area contributed by atoms with Crippen molar-refractivity contribution in [3.8, 4) is 0 Å². The maximum Gasteiger partial charge on any atom is 0.330 e. The lowest BCUT2D eigenvalue weighted by atomic mass is 10.1. The van der Waals surface area contributed by atoms with Crippen molar-refractivity contribution in [2.24, 2.45) is 0 Å². The summed E-state index contributed by atoms with van der Waals surface area (Å²) in [6, 6.07) is 1.44. The van der Waals surface area contributed by atoms with Crippen molar-refractivity contribution in [1.82, 2.24) is 14.2 Å². The van der Waals surface area contributed by atoms with Crippen LogP contribution in [-0.4, -0.2) is 64.9 Å². The Kier molecular flexibility index (Phi) is 8.57. The van der Waals surface area contributed by atoms with Gasteiger partial charge in [-0.05, 0) is 34.6 Å². The number of hydrogen-bond acceptors (Lipinski definition) is 7. The standard InChI is InChI=1S/C19H31N4O6P/c1-12(2)23(13(3)4)30(27-11-9-20-6)29-16-14(5)28-18(17(16)26-7)22-10-8-15(24)21-19(22)25/h8,10,12-14,16-18H,9,11H2,1-5,7H3,(H,21,24,25)/t14-,16?,17+,18-,30?/m1/s1/i5D. The summed E-state index contributed by atoms with van der Waals surface area (Å²) >= 11 is 0. The van der Waals surface area contributed by atoms with E-state index >= 15 is 0 Å². The zero-order valence-electron chi connectivity index (χ0n) is 19.0. The Bertz CT molecular complexity index is 849. The summed E-state index contributed by atoms with van der Waals surface area (Å²) in [5.74, 6) is 0. The molecule has 1 N–H and O–H groups in total. The number of nitrogens with one attached hydrogen (secondary N) is 1. The molecule has 0 aliphatic carbocycles. The Morgan fingerprint density at radius 3 is 2.60 bits per heavy atom. The molecule has 11 heteroatoms. The highest BCUT2D eigenvalue weighted by Gasteiger charge is 2.47. The topological polar surface area (TPSA) is 99.4 Å². The number of aromatic nitrogens is 2. The van der Waals surface area contributed by atoms with Crippen LogP contribution in [0.25, 0.3) is 4.85 Å². The van der Waals surface area contributed by atoms with Crippen LogP contribution in [0.4, 0.5) is 0 Å². The first-order valence-electron chi connectivity index (χ1n) is 10.5. The summed E-state index contributed by atoms with van der Waals surface area (Å²) in [6.45, 7) is 15.4. The third kappa shape index (κ3) is 5.76. The zero-order chi connectivity index (χ0) is 23.1. The maximum atomic E-state index is 12.3. The Balaban J connectivity index is 2.35. The summed E-state index contributed by atoms with van der Waals surface area (Å²) in [6.07, 6.45) is -1.61. The number of hydrogen-bond donors (Lipinski definition) is 1. The van der Waals surface area contributed by atoms with Crippen molar-refractivity contribution in [2.75, 3.05) is 20.3 Å². The Morgan fingerprint density at radius 1 is 1.37 bits per heavy atom. The van der Waals surface area contributed by atoms with Crippen LogP contribution >= 0.6 is 8.53 Å². The van der Waals surface area contributed by atoms with E-state index in [0.717, 1.165) is 0 Å². The van der Waals surface area contributed by atoms with Gasteiger partial charge in [0.25, 0.3) is 14.1 Å². The molecular weight excluding hydrogens is 411 g/mol. The first-order valence-corrected chi connectivity index (χ1v) is 10.9. The van der Waals surface area contributed by atoms with Crippen molar-refractivity contribution < 1.29 is 19.9 Å². The molecule has 10 nitrogen and oxygen atoms in total. The van der Waals surface area contributed by atoms with Crippen LogP contribution in [0.15, 0.2) is 21.9 Å². The van der Waals surface area contributed by atoms with Gasteiger partial charge in [0.15, 0.2) is 6.23 Å². The summed E-state index contributed by atoms with van der Waals surface area (Å²) < 4.78 is 35.2. The van der Waals surface area contributed by atoms with Gasteiger partial charge in [-0.15, -0.1) is 0 Å². The average molecular weight is 443 g/mol. The Hall–Kier alpha value is -1.60. The molecule has 1 saturated heterocycles. The van der Waals surface area contributed by atoms with Gasteiger partial charge in [-0.1, -0.05) is 0 Å². The van der Waals surface area contributed by atoms with Gasteiger partial charge in [-0.3, -0.25) is 14.3 Å². The molecular formula is C19H31N4O6P. The summed E-state index contributed by atoms with van der Waals surface area (Å²) in [5, 5.41) is 0. The molecule has 2 rings (SSSR count). The Morgan fingerprint density at radius 2 is 2.07 bits per heavy atom. The van der Waals surface area contributed by atoms with E-state index in [1.165, 1.54) is 23.9 Å². The van der Waals surface area contributed by atoms with Crippen molar-refractivity contribution in [3.63, 3.8) is 0 Å². The van der Waals surface area contributed by atoms with E-state index < -0.39 is 44.3 Å². The van der Waals surface area contributed by atoms with Crippen molar-refractivity contribution in [3.05, 3.63) is 44.5 Å². The molecule has 1 aliphatic rings. The molecule has 168 valence electrons. The van der Waals surface area contributed by atoms with Gasteiger partial charge in [0.2, 0.25) is 6.54 Å². The number of aromatic amines is 1. The van der Waals surface area contributed by atoms with Gasteiger partial charge in [0.05, 0.1) is 6.10 Å². The van der Waals surface area contributed by atoms with E-state index in [4.69, 9.17) is 26.5 Å². The third-order valence-electron chi connectivity index (χ3n) is 4.55. The molecule has 0 bridgehead atoms. The monoisotopic (exact) mass is 443 g/mol. The minimum atomic E-state index is -1.59. The van der Waals surface area contributed by atoms with Crippen molar-refractivity contribution in [2.45, 2.75) is 71.2 Å². The molecule has 2 unspecified atom stereocenters. The molecule has 0 radical (unpaired) electrons. The molecule has 0 aromatic carbocycles. The van der Waals surface area contributed by atoms with Crippen LogP contribution in [0, 0.1) is 6.57 Å². The van der Waals surface area contributed by atoms with E-state index in [1.807, 2.05) is 27.7 Å². The number of nitrogens with zero attached hydrogens (tertiary/aromatic N) is 3. The fourth-order valence-corrected chi connectivity index (χ4v) is 5.09. The minimum Gasteiger partial charge on any atom is -0.374 e. The number of rotatable bonds is 10. The highest BCUT2D eigenvalue weighted by atomic mass is 31.2. The molecule has 2 heterocycles. The van der Waals surface area contributed by atoms with Crippen molar-refractivity contribution >= 4 is 8.53 Å². The Labute approximate surface area is 179 Å². The van der Waals surface area contributed by atoms with Crippen molar-refractivity contribution in [1.29, 1.82) is 0 Å². The normalized spacial score (nSPS) is 25.6. The van der Waals surface area contributed by atoms with Crippen LogP contribution in [-0.2, 0) is 18.5 Å². The summed E-state index contributed by atoms with van der Waals surface area (Å²) in [5.41, 5.74) is -1.15. The fraction of sp³-hybridized carbons (Fsp3) is 0.737.